The molecular weight excluding hydrogens is 448 g/mol. The van der Waals surface area contributed by atoms with E-state index in [4.69, 9.17) is 9.84 Å². The number of aryl methyl sites for hydroxylation is 1. The van der Waals surface area contributed by atoms with Crippen LogP contribution in [-0.4, -0.2) is 11.1 Å². The fourth-order valence-electron chi connectivity index (χ4n) is 3.80. The van der Waals surface area contributed by atoms with Crippen molar-refractivity contribution < 1.29 is 14.6 Å². The van der Waals surface area contributed by atoms with E-state index in [1.54, 1.807) is 18.3 Å². The number of fused-ring (bicyclic) bond motifs is 1. The highest BCUT2D eigenvalue weighted by molar-refractivity contribution is 7.59. The number of carboxylic acids is 1. The van der Waals surface area contributed by atoms with Gasteiger partial charge >= 0.3 is 5.97 Å². The predicted octanol–water partition coefficient (Wildman–Crippen LogP) is 7.15. The van der Waals surface area contributed by atoms with Crippen LogP contribution in [0.25, 0.3) is 21.2 Å². The van der Waals surface area contributed by atoms with Crippen molar-refractivity contribution in [2.45, 2.75) is 32.8 Å². The smallest absolute Gasteiger partial charge is 0.304 e. The van der Waals surface area contributed by atoms with Crippen LogP contribution in [0.1, 0.15) is 36.0 Å². The maximum Gasteiger partial charge on any atom is 0.304 e. The molecule has 33 heavy (non-hydrogen) atoms. The molecule has 1 heterocycles. The van der Waals surface area contributed by atoms with Gasteiger partial charge in [-0.15, -0.1) is 17.3 Å². The minimum Gasteiger partial charge on any atom is -0.489 e. The maximum absolute atomic E-state index is 11.1. The van der Waals surface area contributed by atoms with Crippen molar-refractivity contribution in [3.63, 3.8) is 0 Å². The standard InChI is InChI=1S/C28H24O3S.H2S/c1-3-6-22(15-28(29)30)21-11-9-20(10-12-21)17-31-23-13-14-27-25(16-23)26(18-32-27)24-8-5-4-7-19(24)2;/h4-5,7-14,16,18,22H,15,17H2,1-2H3,(H,29,30);1H2/t22-;/m0./s1. The Morgan fingerprint density at radius 1 is 1.06 bits per heavy atom. The summed E-state index contributed by atoms with van der Waals surface area (Å²) in [4.78, 5) is 11.1. The number of benzene rings is 3. The Morgan fingerprint density at radius 2 is 1.82 bits per heavy atom. The summed E-state index contributed by atoms with van der Waals surface area (Å²) in [6.45, 7) is 4.31. The number of aliphatic carboxylic acids is 1. The van der Waals surface area contributed by atoms with Crippen LogP contribution in [0, 0.1) is 18.8 Å². The molecular formula is C28H26O3S2. The SMILES string of the molecule is CC#C[C@@H](CC(=O)O)c1ccc(COc2ccc3scc(-c4ccccc4C)c3c2)cc1.S. The average molecular weight is 475 g/mol. The van der Waals surface area contributed by atoms with E-state index in [0.29, 0.717) is 6.61 Å². The first-order valence-electron chi connectivity index (χ1n) is 10.5. The van der Waals surface area contributed by atoms with Gasteiger partial charge in [-0.2, -0.15) is 13.5 Å². The van der Waals surface area contributed by atoms with Crippen LogP contribution in [0.3, 0.4) is 0 Å². The molecule has 1 N–H and O–H groups in total. The van der Waals surface area contributed by atoms with Gasteiger partial charge in [-0.1, -0.05) is 54.5 Å². The topological polar surface area (TPSA) is 46.5 Å². The van der Waals surface area contributed by atoms with E-state index in [-0.39, 0.29) is 25.8 Å². The highest BCUT2D eigenvalue weighted by Gasteiger charge is 2.13. The molecule has 0 amide bonds. The lowest BCUT2D eigenvalue weighted by Gasteiger charge is -2.11. The molecule has 0 aliphatic carbocycles. The fraction of sp³-hybridized carbons (Fsp3) is 0.179. The number of rotatable bonds is 7. The lowest BCUT2D eigenvalue weighted by molar-refractivity contribution is -0.137. The molecule has 0 aliphatic heterocycles. The molecule has 3 aromatic carbocycles. The van der Waals surface area contributed by atoms with Crippen LogP contribution in [0.2, 0.25) is 0 Å². The Balaban J connectivity index is 0.00000306. The molecule has 0 fully saturated rings. The van der Waals surface area contributed by atoms with Crippen LogP contribution in [-0.2, 0) is 11.4 Å². The van der Waals surface area contributed by atoms with Crippen LogP contribution in [0.4, 0.5) is 0 Å². The van der Waals surface area contributed by atoms with Crippen molar-refractivity contribution >= 4 is 40.9 Å². The molecule has 168 valence electrons. The molecule has 0 aliphatic rings. The van der Waals surface area contributed by atoms with Crippen molar-refractivity contribution in [3.05, 3.63) is 88.8 Å². The molecule has 0 unspecified atom stereocenters. The third kappa shape index (κ3) is 5.78. The number of hydrogen-bond acceptors (Lipinski definition) is 3. The molecule has 0 saturated heterocycles. The first-order valence-corrected chi connectivity index (χ1v) is 11.4. The Hall–Kier alpha value is -3.20. The van der Waals surface area contributed by atoms with Gasteiger partial charge < -0.3 is 9.84 Å². The van der Waals surface area contributed by atoms with Gasteiger partial charge in [0.15, 0.2) is 0 Å². The Labute approximate surface area is 205 Å². The molecule has 5 heteroatoms. The maximum atomic E-state index is 11.1. The van der Waals surface area contributed by atoms with Crippen molar-refractivity contribution in [1.82, 2.24) is 0 Å². The molecule has 4 aromatic rings. The second kappa shape index (κ2) is 11.1. The first kappa shape index (κ1) is 24.4. The van der Waals surface area contributed by atoms with E-state index in [9.17, 15) is 4.79 Å². The second-order valence-corrected chi connectivity index (χ2v) is 8.61. The minimum absolute atomic E-state index is 0. The van der Waals surface area contributed by atoms with Crippen molar-refractivity contribution in [1.29, 1.82) is 0 Å². The zero-order chi connectivity index (χ0) is 22.5. The quantitative estimate of drug-likeness (QED) is 0.289. The van der Waals surface area contributed by atoms with E-state index >= 15 is 0 Å². The summed E-state index contributed by atoms with van der Waals surface area (Å²) >= 11 is 1.74. The lowest BCUT2D eigenvalue weighted by atomic mass is 9.95. The summed E-state index contributed by atoms with van der Waals surface area (Å²) in [5.74, 6) is 5.49. The normalized spacial score (nSPS) is 11.2. The van der Waals surface area contributed by atoms with Crippen molar-refractivity contribution in [2.24, 2.45) is 0 Å². The molecule has 0 radical (unpaired) electrons. The van der Waals surface area contributed by atoms with Gasteiger partial charge in [0.25, 0.3) is 0 Å². The highest BCUT2D eigenvalue weighted by atomic mass is 32.1. The third-order valence-electron chi connectivity index (χ3n) is 5.47. The molecule has 1 aromatic heterocycles. The van der Waals surface area contributed by atoms with E-state index in [2.05, 4.69) is 60.5 Å². The van der Waals surface area contributed by atoms with Gasteiger partial charge in [0.1, 0.15) is 12.4 Å². The van der Waals surface area contributed by atoms with Gasteiger partial charge in [-0.25, -0.2) is 0 Å². The second-order valence-electron chi connectivity index (χ2n) is 7.70. The van der Waals surface area contributed by atoms with Gasteiger partial charge in [-0.3, -0.25) is 4.79 Å². The number of carbonyl (C=O) groups is 1. The van der Waals surface area contributed by atoms with E-state index in [0.717, 1.165) is 16.9 Å². The largest absolute Gasteiger partial charge is 0.489 e. The number of ether oxygens (including phenoxy) is 1. The Morgan fingerprint density at radius 3 is 2.52 bits per heavy atom. The molecule has 4 rings (SSSR count). The van der Waals surface area contributed by atoms with Gasteiger partial charge in [0.05, 0.1) is 12.3 Å². The van der Waals surface area contributed by atoms with Gasteiger partial charge in [0.2, 0.25) is 0 Å². The minimum atomic E-state index is -0.848. The predicted molar refractivity (Wildman–Crippen MR) is 142 cm³/mol. The lowest BCUT2D eigenvalue weighted by Crippen LogP contribution is -2.05. The first-order chi connectivity index (χ1) is 15.5. The number of thiophene rings is 1. The van der Waals surface area contributed by atoms with Crippen molar-refractivity contribution in [3.8, 4) is 28.7 Å². The van der Waals surface area contributed by atoms with E-state index in [1.807, 2.05) is 30.3 Å². The fourth-order valence-corrected chi connectivity index (χ4v) is 4.74. The summed E-state index contributed by atoms with van der Waals surface area (Å²) in [6, 6.07) is 22.5. The molecule has 0 saturated carbocycles. The molecule has 3 nitrogen and oxygen atoms in total. The van der Waals surface area contributed by atoms with Crippen LogP contribution in [0.15, 0.2) is 72.1 Å². The average Bonchev–Trinajstić information content (AvgIpc) is 3.21. The van der Waals surface area contributed by atoms with E-state index in [1.165, 1.54) is 26.8 Å². The van der Waals surface area contributed by atoms with Crippen LogP contribution < -0.4 is 4.74 Å². The van der Waals surface area contributed by atoms with Gasteiger partial charge in [-0.05, 0) is 59.7 Å². The number of carboxylic acid groups (broad SMARTS) is 1. The third-order valence-corrected chi connectivity index (χ3v) is 6.43. The Bertz CT molecular complexity index is 1310. The van der Waals surface area contributed by atoms with Crippen molar-refractivity contribution in [2.75, 3.05) is 0 Å². The zero-order valence-electron chi connectivity index (χ0n) is 18.6. The number of hydrogen-bond donors (Lipinski definition) is 1. The summed E-state index contributed by atoms with van der Waals surface area (Å²) in [7, 11) is 0. The molecule has 1 atom stereocenters. The molecule has 0 bridgehead atoms. The molecule has 0 spiro atoms. The van der Waals surface area contributed by atoms with Crippen LogP contribution in [0.5, 0.6) is 5.75 Å². The summed E-state index contributed by atoms with van der Waals surface area (Å²) in [5, 5.41) is 12.5. The van der Waals surface area contributed by atoms with E-state index < -0.39 is 5.97 Å². The summed E-state index contributed by atoms with van der Waals surface area (Å²) in [6.07, 6.45) is 0.000559. The highest BCUT2D eigenvalue weighted by Crippen LogP contribution is 2.37. The Kier molecular flexibility index (Phi) is 8.21. The monoisotopic (exact) mass is 474 g/mol. The summed E-state index contributed by atoms with van der Waals surface area (Å²) < 4.78 is 7.32. The summed E-state index contributed by atoms with van der Waals surface area (Å²) in [5.41, 5.74) is 5.68. The van der Waals surface area contributed by atoms with Crippen LogP contribution >= 0.6 is 24.8 Å². The van der Waals surface area contributed by atoms with Gasteiger partial charge in [0, 0.05) is 15.6 Å². The zero-order valence-corrected chi connectivity index (χ0v) is 20.4.